The first-order chi connectivity index (χ1) is 14.5. The fraction of sp³-hybridized carbons (Fsp3) is 0.364. The van der Waals surface area contributed by atoms with Crippen molar-refractivity contribution in [3.8, 4) is 11.5 Å². The van der Waals surface area contributed by atoms with Gasteiger partial charge in [-0.05, 0) is 47.4 Å². The van der Waals surface area contributed by atoms with Gasteiger partial charge in [-0.1, -0.05) is 23.7 Å². The molecular weight excluding hydrogens is 406 g/mol. The highest BCUT2D eigenvalue weighted by molar-refractivity contribution is 6.30. The second kappa shape index (κ2) is 10.2. The van der Waals surface area contributed by atoms with E-state index in [2.05, 4.69) is 10.6 Å². The van der Waals surface area contributed by atoms with Gasteiger partial charge >= 0.3 is 6.03 Å². The van der Waals surface area contributed by atoms with Crippen LogP contribution in [0.4, 0.5) is 4.79 Å². The van der Waals surface area contributed by atoms with Gasteiger partial charge in [-0.25, -0.2) is 4.79 Å². The van der Waals surface area contributed by atoms with Gasteiger partial charge in [-0.3, -0.25) is 4.79 Å². The van der Waals surface area contributed by atoms with Crippen LogP contribution in [0, 0.1) is 0 Å². The van der Waals surface area contributed by atoms with Gasteiger partial charge in [0.2, 0.25) is 5.91 Å². The Kier molecular flexibility index (Phi) is 7.41. The van der Waals surface area contributed by atoms with Crippen molar-refractivity contribution < 1.29 is 19.1 Å². The lowest BCUT2D eigenvalue weighted by atomic mass is 9.99. The molecule has 1 aliphatic rings. The first kappa shape index (κ1) is 21.8. The Morgan fingerprint density at radius 2 is 1.70 bits per heavy atom. The van der Waals surface area contributed by atoms with E-state index in [1.807, 2.05) is 24.3 Å². The lowest BCUT2D eigenvalue weighted by Gasteiger charge is -2.29. The van der Waals surface area contributed by atoms with Crippen LogP contribution in [-0.4, -0.2) is 44.1 Å². The third kappa shape index (κ3) is 5.57. The maximum Gasteiger partial charge on any atom is 0.317 e. The second-order valence-electron chi connectivity index (χ2n) is 7.03. The number of hydrogen-bond acceptors (Lipinski definition) is 4. The monoisotopic (exact) mass is 431 g/mol. The molecule has 0 spiro atoms. The van der Waals surface area contributed by atoms with Crippen molar-refractivity contribution in [2.75, 3.05) is 27.3 Å². The fourth-order valence-electron chi connectivity index (χ4n) is 3.34. The lowest BCUT2D eigenvalue weighted by molar-refractivity contribution is -0.121. The van der Waals surface area contributed by atoms with Gasteiger partial charge in [-0.15, -0.1) is 0 Å². The second-order valence-corrected chi connectivity index (χ2v) is 7.47. The van der Waals surface area contributed by atoms with Crippen molar-refractivity contribution in [1.29, 1.82) is 0 Å². The molecule has 2 aromatic carbocycles. The van der Waals surface area contributed by atoms with E-state index >= 15 is 0 Å². The first-order valence-corrected chi connectivity index (χ1v) is 10.2. The minimum Gasteiger partial charge on any atom is -0.493 e. The predicted molar refractivity (Wildman–Crippen MR) is 115 cm³/mol. The molecule has 0 aromatic heterocycles. The maximum atomic E-state index is 12.5. The van der Waals surface area contributed by atoms with E-state index in [1.54, 1.807) is 31.3 Å². The van der Waals surface area contributed by atoms with E-state index in [0.29, 0.717) is 36.2 Å². The minimum absolute atomic E-state index is 0.119. The van der Waals surface area contributed by atoms with Gasteiger partial charge in [0, 0.05) is 37.6 Å². The molecule has 1 heterocycles. The molecule has 8 heteroatoms. The summed E-state index contributed by atoms with van der Waals surface area (Å²) in [6.45, 7) is 1.81. The number of fused-ring (bicyclic) bond motifs is 1. The maximum absolute atomic E-state index is 12.5. The number of rotatable bonds is 7. The smallest absolute Gasteiger partial charge is 0.317 e. The van der Waals surface area contributed by atoms with Crippen LogP contribution in [0.5, 0.6) is 11.5 Å². The van der Waals surface area contributed by atoms with Crippen molar-refractivity contribution >= 4 is 23.5 Å². The van der Waals surface area contributed by atoms with Gasteiger partial charge < -0.3 is 25.0 Å². The SMILES string of the molecule is COc1cc2c(cc1OC)CN(C(=O)NCCC(=O)NCc1ccc(Cl)cc1)CC2. The van der Waals surface area contributed by atoms with Crippen LogP contribution in [0.1, 0.15) is 23.1 Å². The van der Waals surface area contributed by atoms with Crippen LogP contribution >= 0.6 is 11.6 Å². The van der Waals surface area contributed by atoms with Crippen molar-refractivity contribution in [2.45, 2.75) is 25.9 Å². The van der Waals surface area contributed by atoms with Crippen LogP contribution < -0.4 is 20.1 Å². The Labute approximate surface area is 181 Å². The van der Waals surface area contributed by atoms with Crippen LogP contribution in [-0.2, 0) is 24.3 Å². The minimum atomic E-state index is -0.180. The molecule has 7 nitrogen and oxygen atoms in total. The number of nitrogens with zero attached hydrogens (tertiary/aromatic N) is 1. The average molecular weight is 432 g/mol. The molecular formula is C22H26ClN3O4. The first-order valence-electron chi connectivity index (χ1n) is 9.78. The summed E-state index contributed by atoms with van der Waals surface area (Å²) in [6.07, 6.45) is 0.958. The fourth-order valence-corrected chi connectivity index (χ4v) is 3.47. The molecule has 0 saturated heterocycles. The normalized spacial score (nSPS) is 12.7. The van der Waals surface area contributed by atoms with Gasteiger partial charge in [0.25, 0.3) is 0 Å². The number of nitrogens with one attached hydrogen (secondary N) is 2. The Balaban J connectivity index is 1.44. The molecule has 3 amide bonds. The molecule has 160 valence electrons. The van der Waals surface area contributed by atoms with E-state index in [9.17, 15) is 9.59 Å². The number of carbonyl (C=O) groups excluding carboxylic acids is 2. The zero-order valence-electron chi connectivity index (χ0n) is 17.2. The van der Waals surface area contributed by atoms with Crippen LogP contribution in [0.15, 0.2) is 36.4 Å². The van der Waals surface area contributed by atoms with Gasteiger partial charge in [0.05, 0.1) is 14.2 Å². The van der Waals surface area contributed by atoms with Crippen molar-refractivity contribution in [2.24, 2.45) is 0 Å². The highest BCUT2D eigenvalue weighted by atomic mass is 35.5. The summed E-state index contributed by atoms with van der Waals surface area (Å²) in [6, 6.07) is 11.0. The third-order valence-corrected chi connectivity index (χ3v) is 5.29. The zero-order chi connectivity index (χ0) is 21.5. The lowest BCUT2D eigenvalue weighted by Crippen LogP contribution is -2.43. The number of urea groups is 1. The number of amides is 3. The number of benzene rings is 2. The molecule has 0 radical (unpaired) electrons. The largest absolute Gasteiger partial charge is 0.493 e. The quantitative estimate of drug-likeness (QED) is 0.705. The summed E-state index contributed by atoms with van der Waals surface area (Å²) in [5, 5.41) is 6.32. The summed E-state index contributed by atoms with van der Waals surface area (Å²) in [7, 11) is 3.20. The third-order valence-electron chi connectivity index (χ3n) is 5.04. The summed E-state index contributed by atoms with van der Waals surface area (Å²) < 4.78 is 10.7. The molecule has 0 saturated carbocycles. The molecule has 1 aliphatic heterocycles. The van der Waals surface area contributed by atoms with Crippen molar-refractivity contribution in [3.63, 3.8) is 0 Å². The summed E-state index contributed by atoms with van der Waals surface area (Å²) in [5.74, 6) is 1.22. The molecule has 0 bridgehead atoms. The van der Waals surface area contributed by atoms with Crippen molar-refractivity contribution in [3.05, 3.63) is 58.1 Å². The zero-order valence-corrected chi connectivity index (χ0v) is 17.9. The Morgan fingerprint density at radius 1 is 1.03 bits per heavy atom. The van der Waals surface area contributed by atoms with E-state index in [4.69, 9.17) is 21.1 Å². The summed E-state index contributed by atoms with van der Waals surface area (Å²) in [4.78, 5) is 26.2. The number of ether oxygens (including phenoxy) is 2. The molecule has 0 aliphatic carbocycles. The summed E-state index contributed by atoms with van der Waals surface area (Å²) >= 11 is 5.85. The van der Waals surface area contributed by atoms with Crippen LogP contribution in [0.2, 0.25) is 5.02 Å². The molecule has 0 atom stereocenters. The highest BCUT2D eigenvalue weighted by Gasteiger charge is 2.22. The topological polar surface area (TPSA) is 79.9 Å². The Bertz CT molecular complexity index is 902. The number of hydrogen-bond donors (Lipinski definition) is 2. The number of halogens is 1. The molecule has 0 unspecified atom stereocenters. The van der Waals surface area contributed by atoms with E-state index in [-0.39, 0.29) is 24.9 Å². The van der Waals surface area contributed by atoms with Gasteiger partial charge in [0.1, 0.15) is 0 Å². The number of methoxy groups -OCH3 is 2. The average Bonchev–Trinajstić information content (AvgIpc) is 2.77. The highest BCUT2D eigenvalue weighted by Crippen LogP contribution is 2.33. The molecule has 30 heavy (non-hydrogen) atoms. The number of carbonyl (C=O) groups is 2. The van der Waals surface area contributed by atoms with E-state index in [1.165, 1.54) is 0 Å². The Morgan fingerprint density at radius 3 is 2.37 bits per heavy atom. The molecule has 3 rings (SSSR count). The van der Waals surface area contributed by atoms with Crippen LogP contribution in [0.3, 0.4) is 0 Å². The van der Waals surface area contributed by atoms with E-state index < -0.39 is 0 Å². The predicted octanol–water partition coefficient (Wildman–Crippen LogP) is 3.13. The summed E-state index contributed by atoms with van der Waals surface area (Å²) in [5.41, 5.74) is 3.16. The van der Waals surface area contributed by atoms with Gasteiger partial charge in [-0.2, -0.15) is 0 Å². The Hall–Kier alpha value is -2.93. The standard InChI is InChI=1S/C22H26ClN3O4/c1-29-19-11-16-8-10-26(14-17(16)12-20(19)30-2)22(28)24-9-7-21(27)25-13-15-3-5-18(23)6-4-15/h3-6,11-12H,7-10,13-14H2,1-2H3,(H,24,28)(H,25,27). The van der Waals surface area contributed by atoms with E-state index in [0.717, 1.165) is 23.1 Å². The molecule has 0 fully saturated rings. The van der Waals surface area contributed by atoms with Gasteiger partial charge in [0.15, 0.2) is 11.5 Å². The van der Waals surface area contributed by atoms with Crippen molar-refractivity contribution in [1.82, 2.24) is 15.5 Å². The molecule has 2 N–H and O–H groups in total. The molecule has 2 aromatic rings. The van der Waals surface area contributed by atoms with Crippen LogP contribution in [0.25, 0.3) is 0 Å².